The first-order valence-corrected chi connectivity index (χ1v) is 3.78. The summed E-state index contributed by atoms with van der Waals surface area (Å²) >= 11 is 0. The van der Waals surface area contributed by atoms with Crippen LogP contribution in [-0.2, 0) is 0 Å². The van der Waals surface area contributed by atoms with Crippen LogP contribution < -0.4 is 4.90 Å². The van der Waals surface area contributed by atoms with Crippen LogP contribution in [0.3, 0.4) is 0 Å². The smallest absolute Gasteiger partial charge is 0.202 e. The van der Waals surface area contributed by atoms with E-state index >= 15 is 0 Å². The molecule has 1 atom stereocenters. The molecular formula is C7H11N3O. The maximum atomic E-state index is 9.22. The number of aromatic nitrogens is 2. The average Bonchev–Trinajstić information content (AvgIpc) is 2.55. The Labute approximate surface area is 64.9 Å². The molecule has 2 N–H and O–H groups in total. The number of anilines is 1. The summed E-state index contributed by atoms with van der Waals surface area (Å²) < 4.78 is 0. The summed E-state index contributed by atoms with van der Waals surface area (Å²) in [6, 6.07) is 0. The monoisotopic (exact) mass is 153 g/mol. The van der Waals surface area contributed by atoms with Crippen molar-refractivity contribution >= 4 is 5.95 Å². The summed E-state index contributed by atoms with van der Waals surface area (Å²) in [5.74, 6) is 0.863. The molecule has 0 aliphatic carbocycles. The minimum atomic E-state index is -0.180. The van der Waals surface area contributed by atoms with E-state index in [0.717, 1.165) is 18.9 Å². The number of β-amino-alcohol motifs (C(OH)–C–C–N with tert-alkyl or cyclic N) is 1. The van der Waals surface area contributed by atoms with Gasteiger partial charge in [0.05, 0.1) is 6.10 Å². The number of aliphatic hydroxyl groups excluding tert-OH is 1. The molecule has 11 heavy (non-hydrogen) atoms. The first-order valence-electron chi connectivity index (χ1n) is 3.78. The van der Waals surface area contributed by atoms with Crippen molar-refractivity contribution < 1.29 is 5.11 Å². The van der Waals surface area contributed by atoms with Crippen LogP contribution in [-0.4, -0.2) is 34.3 Å². The molecule has 2 rings (SSSR count). The van der Waals surface area contributed by atoms with E-state index in [2.05, 4.69) is 9.97 Å². The third-order valence-corrected chi connectivity index (χ3v) is 1.95. The van der Waals surface area contributed by atoms with Gasteiger partial charge >= 0.3 is 0 Å². The van der Waals surface area contributed by atoms with Gasteiger partial charge in [0, 0.05) is 25.5 Å². The van der Waals surface area contributed by atoms with E-state index in [1.165, 1.54) is 0 Å². The molecule has 0 saturated carbocycles. The third kappa shape index (κ3) is 1.21. The predicted octanol–water partition coefficient (Wildman–Crippen LogP) is -0.0193. The van der Waals surface area contributed by atoms with E-state index in [0.29, 0.717) is 6.54 Å². The normalized spacial score (nSPS) is 24.5. The zero-order valence-corrected chi connectivity index (χ0v) is 6.20. The number of hydrogen-bond donors (Lipinski definition) is 2. The van der Waals surface area contributed by atoms with E-state index < -0.39 is 0 Å². The number of aromatic amines is 1. The van der Waals surface area contributed by atoms with Gasteiger partial charge in [-0.2, -0.15) is 0 Å². The summed E-state index contributed by atoms with van der Waals surface area (Å²) in [6.45, 7) is 1.60. The molecule has 1 aromatic rings. The lowest BCUT2D eigenvalue weighted by atomic mass is 10.3. The fraction of sp³-hybridized carbons (Fsp3) is 0.571. The molecule has 1 aliphatic rings. The van der Waals surface area contributed by atoms with E-state index in [1.54, 1.807) is 12.4 Å². The number of H-pyrrole nitrogens is 1. The van der Waals surface area contributed by atoms with E-state index in [-0.39, 0.29) is 6.10 Å². The molecule has 0 spiro atoms. The summed E-state index contributed by atoms with van der Waals surface area (Å²) in [7, 11) is 0. The van der Waals surface area contributed by atoms with Gasteiger partial charge in [-0.25, -0.2) is 4.98 Å². The molecule has 60 valence electrons. The minimum absolute atomic E-state index is 0.180. The Morgan fingerprint density at radius 2 is 2.64 bits per heavy atom. The second-order valence-corrected chi connectivity index (χ2v) is 2.80. The van der Waals surface area contributed by atoms with E-state index in [9.17, 15) is 5.11 Å². The van der Waals surface area contributed by atoms with Gasteiger partial charge in [-0.15, -0.1) is 0 Å². The van der Waals surface area contributed by atoms with E-state index in [1.807, 2.05) is 4.90 Å². The number of nitrogens with one attached hydrogen (secondary N) is 1. The molecule has 4 nitrogen and oxygen atoms in total. The van der Waals surface area contributed by atoms with Crippen LogP contribution in [0.5, 0.6) is 0 Å². The molecule has 0 aromatic carbocycles. The quantitative estimate of drug-likeness (QED) is 0.596. The molecule has 1 fully saturated rings. The van der Waals surface area contributed by atoms with Gasteiger partial charge in [0.15, 0.2) is 0 Å². The molecule has 1 aromatic heterocycles. The van der Waals surface area contributed by atoms with Crippen molar-refractivity contribution in [3.8, 4) is 0 Å². The second-order valence-electron chi connectivity index (χ2n) is 2.80. The molecule has 0 unspecified atom stereocenters. The molecule has 1 saturated heterocycles. The fourth-order valence-corrected chi connectivity index (χ4v) is 1.36. The highest BCUT2D eigenvalue weighted by Gasteiger charge is 2.21. The van der Waals surface area contributed by atoms with E-state index in [4.69, 9.17) is 0 Å². The lowest BCUT2D eigenvalue weighted by Crippen LogP contribution is -2.22. The van der Waals surface area contributed by atoms with Crippen molar-refractivity contribution in [2.75, 3.05) is 18.0 Å². The van der Waals surface area contributed by atoms with Crippen LogP contribution in [0.15, 0.2) is 12.4 Å². The summed E-state index contributed by atoms with van der Waals surface area (Å²) in [5.41, 5.74) is 0. The van der Waals surface area contributed by atoms with Crippen molar-refractivity contribution in [3.63, 3.8) is 0 Å². The van der Waals surface area contributed by atoms with Crippen LogP contribution >= 0.6 is 0 Å². The van der Waals surface area contributed by atoms with Crippen molar-refractivity contribution in [2.45, 2.75) is 12.5 Å². The number of rotatable bonds is 1. The van der Waals surface area contributed by atoms with Crippen LogP contribution in [0, 0.1) is 0 Å². The lowest BCUT2D eigenvalue weighted by molar-refractivity contribution is 0.198. The predicted molar refractivity (Wildman–Crippen MR) is 41.4 cm³/mol. The summed E-state index contributed by atoms with van der Waals surface area (Å²) in [5, 5.41) is 9.22. The van der Waals surface area contributed by atoms with Gasteiger partial charge in [-0.3, -0.25) is 0 Å². The van der Waals surface area contributed by atoms with Crippen molar-refractivity contribution in [1.29, 1.82) is 0 Å². The number of aliphatic hydroxyl groups is 1. The Hall–Kier alpha value is -1.03. The van der Waals surface area contributed by atoms with Crippen molar-refractivity contribution in [1.82, 2.24) is 9.97 Å². The van der Waals surface area contributed by atoms with Gasteiger partial charge < -0.3 is 15.0 Å². The molecule has 2 heterocycles. The van der Waals surface area contributed by atoms with Gasteiger partial charge in [0.2, 0.25) is 5.95 Å². The van der Waals surface area contributed by atoms with Crippen molar-refractivity contribution in [2.24, 2.45) is 0 Å². The average molecular weight is 153 g/mol. The lowest BCUT2D eigenvalue weighted by Gasteiger charge is -2.12. The highest BCUT2D eigenvalue weighted by atomic mass is 16.3. The maximum Gasteiger partial charge on any atom is 0.202 e. The summed E-state index contributed by atoms with van der Waals surface area (Å²) in [4.78, 5) is 9.14. The van der Waals surface area contributed by atoms with Crippen LogP contribution in [0.2, 0.25) is 0 Å². The Bertz CT molecular complexity index is 222. The number of nitrogens with zero attached hydrogens (tertiary/aromatic N) is 2. The Morgan fingerprint density at radius 3 is 3.18 bits per heavy atom. The van der Waals surface area contributed by atoms with Gasteiger partial charge in [-0.05, 0) is 6.42 Å². The first kappa shape index (κ1) is 6.67. The van der Waals surface area contributed by atoms with Gasteiger partial charge in [-0.1, -0.05) is 0 Å². The minimum Gasteiger partial charge on any atom is -0.391 e. The second kappa shape index (κ2) is 2.54. The Kier molecular flexibility index (Phi) is 1.54. The molecule has 0 amide bonds. The fourth-order valence-electron chi connectivity index (χ4n) is 1.36. The Balaban J connectivity index is 2.08. The van der Waals surface area contributed by atoms with Crippen LogP contribution in [0.1, 0.15) is 6.42 Å². The van der Waals surface area contributed by atoms with Gasteiger partial charge in [0.1, 0.15) is 0 Å². The molecule has 0 radical (unpaired) electrons. The highest BCUT2D eigenvalue weighted by Crippen LogP contribution is 2.14. The molecule has 1 aliphatic heterocycles. The largest absolute Gasteiger partial charge is 0.391 e. The maximum absolute atomic E-state index is 9.22. The summed E-state index contributed by atoms with van der Waals surface area (Å²) in [6.07, 6.45) is 4.18. The topological polar surface area (TPSA) is 52.1 Å². The molecular weight excluding hydrogens is 142 g/mol. The Morgan fingerprint density at radius 1 is 1.73 bits per heavy atom. The SMILES string of the molecule is O[C@@H]1CCN(c2ncc[nH]2)C1. The number of imidazole rings is 1. The zero-order chi connectivity index (χ0) is 7.68. The zero-order valence-electron chi connectivity index (χ0n) is 6.20. The van der Waals surface area contributed by atoms with Crippen LogP contribution in [0.25, 0.3) is 0 Å². The molecule has 0 bridgehead atoms. The van der Waals surface area contributed by atoms with Crippen LogP contribution in [0.4, 0.5) is 5.95 Å². The number of hydrogen-bond acceptors (Lipinski definition) is 3. The third-order valence-electron chi connectivity index (χ3n) is 1.95. The first-order chi connectivity index (χ1) is 5.36. The van der Waals surface area contributed by atoms with Gasteiger partial charge in [0.25, 0.3) is 0 Å². The standard InChI is InChI=1S/C7H11N3O/c11-6-1-4-10(5-6)7-8-2-3-9-7/h2-3,6,11H,1,4-5H2,(H,8,9)/t6-/m1/s1. The van der Waals surface area contributed by atoms with Crippen molar-refractivity contribution in [3.05, 3.63) is 12.4 Å². The molecule has 4 heteroatoms. The highest BCUT2D eigenvalue weighted by molar-refractivity contribution is 5.30.